The molecule has 3 heterocycles. The van der Waals surface area contributed by atoms with E-state index in [1.807, 2.05) is 71.6 Å². The molecule has 0 bridgehead atoms. The van der Waals surface area contributed by atoms with Crippen LogP contribution in [0.25, 0.3) is 11.3 Å². The number of hydrogen-bond acceptors (Lipinski definition) is 5. The molecule has 2 N–H and O–H groups in total. The lowest BCUT2D eigenvalue weighted by Crippen LogP contribution is -2.29. The Bertz CT molecular complexity index is 1430. The number of furan rings is 1. The van der Waals surface area contributed by atoms with E-state index in [2.05, 4.69) is 15.6 Å². The van der Waals surface area contributed by atoms with E-state index in [1.54, 1.807) is 12.3 Å². The maximum Gasteiger partial charge on any atom is 0.250 e. The van der Waals surface area contributed by atoms with Gasteiger partial charge in [-0.3, -0.25) is 9.78 Å². The summed E-state index contributed by atoms with van der Waals surface area (Å²) in [7, 11) is 1.47. The number of rotatable bonds is 7. The normalized spacial score (nSPS) is 17.1. The van der Waals surface area contributed by atoms with Gasteiger partial charge in [-0.1, -0.05) is 35.3 Å². The van der Waals surface area contributed by atoms with Gasteiger partial charge in [-0.15, -0.1) is 0 Å². The van der Waals surface area contributed by atoms with E-state index in [1.165, 1.54) is 7.11 Å². The third-order valence-electron chi connectivity index (χ3n) is 5.94. The minimum absolute atomic E-state index is 0.0207. The molecule has 1 amide bonds. The van der Waals surface area contributed by atoms with Crippen LogP contribution in [0.15, 0.2) is 83.4 Å². The van der Waals surface area contributed by atoms with Gasteiger partial charge in [0.05, 0.1) is 21.8 Å². The number of thiocarbonyl (C=S) groups is 1. The van der Waals surface area contributed by atoms with Crippen molar-refractivity contribution >= 4 is 57.8 Å². The van der Waals surface area contributed by atoms with Crippen molar-refractivity contribution in [2.24, 2.45) is 0 Å². The summed E-state index contributed by atoms with van der Waals surface area (Å²) in [4.78, 5) is 18.4. The molecule has 5 rings (SSSR count). The molecule has 1 aliphatic heterocycles. The minimum Gasteiger partial charge on any atom is -0.459 e. The molecule has 0 spiro atoms. The Hall–Kier alpha value is -3.43. The molecule has 1 fully saturated rings. The molecule has 0 radical (unpaired) electrons. The molecule has 4 aromatic rings. The van der Waals surface area contributed by atoms with Crippen molar-refractivity contribution in [3.63, 3.8) is 0 Å². The molecule has 37 heavy (non-hydrogen) atoms. The number of nitrogens with zero attached hydrogens (tertiary/aromatic N) is 2. The number of aromatic nitrogens is 1. The van der Waals surface area contributed by atoms with Crippen molar-refractivity contribution < 1.29 is 13.9 Å². The van der Waals surface area contributed by atoms with Crippen LogP contribution in [0.2, 0.25) is 10.0 Å². The number of carbonyl (C=O) groups excluding carboxylic acids is 1. The van der Waals surface area contributed by atoms with Crippen molar-refractivity contribution in [2.45, 2.75) is 12.1 Å². The molecule has 2 aromatic heterocycles. The third kappa shape index (κ3) is 5.19. The molecule has 0 saturated carbocycles. The van der Waals surface area contributed by atoms with E-state index in [0.29, 0.717) is 37.9 Å². The summed E-state index contributed by atoms with van der Waals surface area (Å²) in [5.74, 6) is 1.03. The molecule has 0 unspecified atom stereocenters. The number of nitrogens with one attached hydrogen (secondary N) is 2. The van der Waals surface area contributed by atoms with Crippen LogP contribution in [-0.2, 0) is 9.53 Å². The van der Waals surface area contributed by atoms with E-state index in [-0.39, 0.29) is 24.6 Å². The van der Waals surface area contributed by atoms with Crippen LogP contribution >= 0.6 is 35.4 Å². The van der Waals surface area contributed by atoms with E-state index in [9.17, 15) is 4.79 Å². The monoisotopic (exact) mass is 552 g/mol. The van der Waals surface area contributed by atoms with Gasteiger partial charge in [0.2, 0.25) is 5.91 Å². The summed E-state index contributed by atoms with van der Waals surface area (Å²) >= 11 is 18.5. The Morgan fingerprint density at radius 3 is 2.65 bits per heavy atom. The molecule has 10 heteroatoms. The van der Waals surface area contributed by atoms with Gasteiger partial charge in [-0.25, -0.2) is 0 Å². The van der Waals surface area contributed by atoms with Gasteiger partial charge in [0.25, 0.3) is 0 Å². The van der Waals surface area contributed by atoms with Crippen LogP contribution in [0, 0.1) is 0 Å². The van der Waals surface area contributed by atoms with Crippen LogP contribution in [0.3, 0.4) is 0 Å². The lowest BCUT2D eigenvalue weighted by molar-refractivity contribution is -0.119. The summed E-state index contributed by atoms with van der Waals surface area (Å²) in [5.41, 5.74) is 2.99. The lowest BCUT2D eigenvalue weighted by atomic mass is 10.0. The average Bonchev–Trinajstić information content (AvgIpc) is 3.51. The Kier molecular flexibility index (Phi) is 7.43. The first kappa shape index (κ1) is 25.2. The first-order valence-corrected chi connectivity index (χ1v) is 12.6. The fourth-order valence-electron chi connectivity index (χ4n) is 4.31. The van der Waals surface area contributed by atoms with Gasteiger partial charge >= 0.3 is 0 Å². The highest BCUT2D eigenvalue weighted by atomic mass is 35.5. The van der Waals surface area contributed by atoms with Crippen molar-refractivity contribution in [3.8, 4) is 11.3 Å². The standard InChI is InChI=1S/C27H22Cl2N4O3S/c1-35-15-23(34)31-16-8-10-17(11-9-16)33-26(25(32-27(33)37)20-7-2-3-14-30-20)22-13-12-21(36-22)18-5-4-6-19(28)24(18)29/h2-14,25-26H,15H2,1H3,(H,31,34)(H,32,37)/t25-,26-/m0/s1. The summed E-state index contributed by atoms with van der Waals surface area (Å²) < 4.78 is 11.2. The summed E-state index contributed by atoms with van der Waals surface area (Å²) in [6, 6.07) is 21.7. The van der Waals surface area contributed by atoms with E-state index in [0.717, 1.165) is 11.4 Å². The average molecular weight is 553 g/mol. The van der Waals surface area contributed by atoms with Crippen molar-refractivity contribution in [1.82, 2.24) is 10.3 Å². The minimum atomic E-state index is -0.344. The van der Waals surface area contributed by atoms with Crippen LogP contribution in [0.1, 0.15) is 23.5 Å². The summed E-state index contributed by atoms with van der Waals surface area (Å²) in [6.45, 7) is -0.0207. The number of anilines is 2. The van der Waals surface area contributed by atoms with E-state index >= 15 is 0 Å². The van der Waals surface area contributed by atoms with Gasteiger partial charge in [0.1, 0.15) is 24.2 Å². The highest BCUT2D eigenvalue weighted by Crippen LogP contribution is 2.44. The summed E-state index contributed by atoms with van der Waals surface area (Å²) in [5, 5.41) is 7.60. The van der Waals surface area contributed by atoms with Gasteiger partial charge in [-0.05, 0) is 72.9 Å². The topological polar surface area (TPSA) is 79.6 Å². The second kappa shape index (κ2) is 10.9. The first-order valence-electron chi connectivity index (χ1n) is 11.4. The predicted molar refractivity (Wildman–Crippen MR) is 149 cm³/mol. The molecule has 1 aliphatic rings. The number of pyridine rings is 1. The number of amides is 1. The van der Waals surface area contributed by atoms with Crippen LogP contribution in [0.5, 0.6) is 0 Å². The Morgan fingerprint density at radius 2 is 1.92 bits per heavy atom. The molecule has 2 atom stereocenters. The molecule has 188 valence electrons. The Labute approximate surface area is 229 Å². The maximum atomic E-state index is 11.9. The molecule has 7 nitrogen and oxygen atoms in total. The number of halogens is 2. The molecular formula is C27H22Cl2N4O3S. The van der Waals surface area contributed by atoms with E-state index < -0.39 is 0 Å². The zero-order valence-corrected chi connectivity index (χ0v) is 22.0. The SMILES string of the molecule is COCC(=O)Nc1ccc(N2C(=S)N[C@@H](c3ccccn3)[C@@H]2c2ccc(-c3cccc(Cl)c3Cl)o2)cc1. The zero-order chi connectivity index (χ0) is 25.9. The number of methoxy groups -OCH3 is 1. The highest BCUT2D eigenvalue weighted by Gasteiger charge is 2.42. The van der Waals surface area contributed by atoms with Crippen molar-refractivity contribution in [2.75, 3.05) is 23.9 Å². The second-order valence-corrected chi connectivity index (χ2v) is 9.50. The quantitative estimate of drug-likeness (QED) is 0.256. The molecular weight excluding hydrogens is 531 g/mol. The molecule has 0 aliphatic carbocycles. The van der Waals surface area contributed by atoms with Crippen LogP contribution < -0.4 is 15.5 Å². The van der Waals surface area contributed by atoms with Crippen molar-refractivity contribution in [3.05, 3.63) is 100 Å². The molecule has 2 aromatic carbocycles. The first-order chi connectivity index (χ1) is 18.0. The van der Waals surface area contributed by atoms with Gasteiger partial charge < -0.3 is 24.7 Å². The fraction of sp³-hybridized carbons (Fsp3) is 0.148. The largest absolute Gasteiger partial charge is 0.459 e. The summed E-state index contributed by atoms with van der Waals surface area (Å²) in [6.07, 6.45) is 1.75. The van der Waals surface area contributed by atoms with Gasteiger partial charge in [0, 0.05) is 30.2 Å². The lowest BCUT2D eigenvalue weighted by Gasteiger charge is -2.26. The van der Waals surface area contributed by atoms with E-state index in [4.69, 9.17) is 44.6 Å². The highest BCUT2D eigenvalue weighted by molar-refractivity contribution is 7.80. The third-order valence-corrected chi connectivity index (χ3v) is 7.07. The maximum absolute atomic E-state index is 11.9. The number of benzene rings is 2. The zero-order valence-electron chi connectivity index (χ0n) is 19.7. The Morgan fingerprint density at radius 1 is 1.11 bits per heavy atom. The number of ether oxygens (including phenoxy) is 1. The Balaban J connectivity index is 1.52. The number of hydrogen-bond donors (Lipinski definition) is 2. The number of carbonyl (C=O) groups is 1. The predicted octanol–water partition coefficient (Wildman–Crippen LogP) is 6.41. The fourth-order valence-corrected chi connectivity index (χ4v) is 5.05. The van der Waals surface area contributed by atoms with Crippen LogP contribution in [-0.4, -0.2) is 29.7 Å². The smallest absolute Gasteiger partial charge is 0.250 e. The van der Waals surface area contributed by atoms with Gasteiger partial charge in [-0.2, -0.15) is 0 Å². The van der Waals surface area contributed by atoms with Gasteiger partial charge in [0.15, 0.2) is 5.11 Å². The van der Waals surface area contributed by atoms with Crippen molar-refractivity contribution in [1.29, 1.82) is 0 Å². The second-order valence-electron chi connectivity index (χ2n) is 8.33. The van der Waals surface area contributed by atoms with Crippen LogP contribution in [0.4, 0.5) is 11.4 Å². The molecule has 1 saturated heterocycles.